The minimum atomic E-state index is 0.705. The summed E-state index contributed by atoms with van der Waals surface area (Å²) in [4.78, 5) is 2.01. The predicted molar refractivity (Wildman–Crippen MR) is 78.1 cm³/mol. The van der Waals surface area contributed by atoms with Gasteiger partial charge in [0, 0.05) is 31.0 Å². The lowest BCUT2D eigenvalue weighted by molar-refractivity contribution is -0.657. The number of azo groups is 1. The fourth-order valence-electron chi connectivity index (χ4n) is 1.85. The molecule has 20 heavy (non-hydrogen) atoms. The van der Waals surface area contributed by atoms with E-state index in [0.29, 0.717) is 11.4 Å². The summed E-state index contributed by atoms with van der Waals surface area (Å²) >= 11 is 0. The van der Waals surface area contributed by atoms with Crippen molar-refractivity contribution in [2.45, 2.75) is 0 Å². The second-order valence-electron chi connectivity index (χ2n) is 4.77. The first-order valence-electron chi connectivity index (χ1n) is 6.31. The highest BCUT2D eigenvalue weighted by Crippen LogP contribution is 2.32. The van der Waals surface area contributed by atoms with Gasteiger partial charge in [-0.15, -0.1) is 0 Å². The number of aromatic nitrogens is 2. The molecule has 2 aromatic rings. The normalized spacial score (nSPS) is 11.1. The summed E-state index contributed by atoms with van der Waals surface area (Å²) in [6.07, 6.45) is 3.86. The zero-order valence-corrected chi connectivity index (χ0v) is 12.5. The number of methoxy groups -OCH3 is 1. The number of nitrogens with zero attached hydrogens (tertiary/aromatic N) is 5. The van der Waals surface area contributed by atoms with Crippen LogP contribution in [0, 0.1) is 0 Å². The Labute approximate surface area is 118 Å². The molecule has 1 heterocycles. The molecule has 0 unspecified atom stereocenters. The fraction of sp³-hybridized carbons (Fsp3) is 0.357. The summed E-state index contributed by atoms with van der Waals surface area (Å²) < 4.78 is 9.19. The number of anilines is 1. The van der Waals surface area contributed by atoms with Gasteiger partial charge in [0.2, 0.25) is 0 Å². The van der Waals surface area contributed by atoms with Gasteiger partial charge in [0.05, 0.1) is 33.6 Å². The largest absolute Gasteiger partial charge is 0.494 e. The first-order chi connectivity index (χ1) is 9.52. The molecule has 106 valence electrons. The van der Waals surface area contributed by atoms with E-state index in [4.69, 9.17) is 4.74 Å². The lowest BCUT2D eigenvalue weighted by atomic mass is 10.2. The van der Waals surface area contributed by atoms with E-state index in [1.807, 2.05) is 72.8 Å². The Kier molecular flexibility index (Phi) is 4.02. The Morgan fingerprint density at radius 2 is 2.00 bits per heavy atom. The SMILES string of the molecule is COc1cc(N(C)C)ccc1N=Nc1n(C)cc[n+]1C. The van der Waals surface area contributed by atoms with Crippen LogP contribution in [-0.4, -0.2) is 25.8 Å². The number of imidazole rings is 1. The van der Waals surface area contributed by atoms with E-state index in [-0.39, 0.29) is 0 Å². The molecule has 0 radical (unpaired) electrons. The van der Waals surface area contributed by atoms with Gasteiger partial charge in [-0.2, -0.15) is 0 Å². The Bertz CT molecular complexity index is 611. The second-order valence-corrected chi connectivity index (χ2v) is 4.77. The topological polar surface area (TPSA) is 46.0 Å². The van der Waals surface area contributed by atoms with Gasteiger partial charge in [-0.05, 0) is 12.1 Å². The number of ether oxygens (including phenoxy) is 1. The molecule has 0 fully saturated rings. The minimum absolute atomic E-state index is 0.705. The molecule has 1 aromatic carbocycles. The fourth-order valence-corrected chi connectivity index (χ4v) is 1.85. The molecule has 0 aliphatic carbocycles. The van der Waals surface area contributed by atoms with Gasteiger partial charge >= 0.3 is 5.95 Å². The first kappa shape index (κ1) is 14.0. The molecule has 0 aliphatic heterocycles. The molecule has 0 bridgehead atoms. The third-order valence-electron chi connectivity index (χ3n) is 3.07. The van der Waals surface area contributed by atoms with Crippen molar-refractivity contribution in [1.29, 1.82) is 0 Å². The van der Waals surface area contributed by atoms with Gasteiger partial charge < -0.3 is 9.64 Å². The Hall–Kier alpha value is -2.37. The molecule has 0 amide bonds. The second kappa shape index (κ2) is 5.73. The Morgan fingerprint density at radius 3 is 2.55 bits per heavy atom. The maximum absolute atomic E-state index is 5.37. The van der Waals surface area contributed by atoms with Gasteiger partial charge in [-0.1, -0.05) is 5.11 Å². The van der Waals surface area contributed by atoms with E-state index in [9.17, 15) is 0 Å². The van der Waals surface area contributed by atoms with Crippen LogP contribution in [0.2, 0.25) is 0 Å². The van der Waals surface area contributed by atoms with Crippen LogP contribution < -0.4 is 14.2 Å². The molecule has 0 saturated heterocycles. The Balaban J connectivity index is 2.34. The summed E-state index contributed by atoms with van der Waals surface area (Å²) in [5.74, 6) is 1.47. The highest BCUT2D eigenvalue weighted by atomic mass is 16.5. The van der Waals surface area contributed by atoms with E-state index in [2.05, 4.69) is 10.2 Å². The van der Waals surface area contributed by atoms with Crippen molar-refractivity contribution in [2.24, 2.45) is 24.3 Å². The smallest absolute Gasteiger partial charge is 0.421 e. The minimum Gasteiger partial charge on any atom is -0.494 e. The third-order valence-corrected chi connectivity index (χ3v) is 3.07. The van der Waals surface area contributed by atoms with E-state index >= 15 is 0 Å². The number of hydrogen-bond donors (Lipinski definition) is 0. The van der Waals surface area contributed by atoms with Crippen molar-refractivity contribution < 1.29 is 9.30 Å². The molecule has 2 rings (SSSR count). The predicted octanol–water partition coefficient (Wildman–Crippen LogP) is 2.34. The molecule has 0 spiro atoms. The van der Waals surface area contributed by atoms with Crippen molar-refractivity contribution in [3.63, 3.8) is 0 Å². The van der Waals surface area contributed by atoms with Crippen LogP contribution in [0.5, 0.6) is 5.75 Å². The van der Waals surface area contributed by atoms with E-state index in [1.54, 1.807) is 7.11 Å². The van der Waals surface area contributed by atoms with Gasteiger partial charge in [0.15, 0.2) is 0 Å². The molecule has 6 heteroatoms. The van der Waals surface area contributed by atoms with Crippen LogP contribution in [0.25, 0.3) is 0 Å². The van der Waals surface area contributed by atoms with Crippen molar-refractivity contribution in [3.8, 4) is 5.75 Å². The highest BCUT2D eigenvalue weighted by molar-refractivity contribution is 5.61. The third kappa shape index (κ3) is 2.79. The molecular weight excluding hydrogens is 254 g/mol. The number of hydrogen-bond acceptors (Lipinski definition) is 4. The van der Waals surface area contributed by atoms with Crippen molar-refractivity contribution in [1.82, 2.24) is 4.57 Å². The van der Waals surface area contributed by atoms with Gasteiger partial charge in [-0.25, -0.2) is 9.13 Å². The average Bonchev–Trinajstić information content (AvgIpc) is 2.75. The summed E-state index contributed by atoms with van der Waals surface area (Å²) in [5.41, 5.74) is 1.77. The van der Waals surface area contributed by atoms with Gasteiger partial charge in [0.1, 0.15) is 11.4 Å². The van der Waals surface area contributed by atoms with E-state index in [0.717, 1.165) is 11.6 Å². The standard InChI is InChI=1S/C14H20N5O/c1-17(2)11-6-7-12(13(10-11)20-5)15-16-14-18(3)8-9-19(14)4/h6-10H,1-5H3/q+1. The van der Waals surface area contributed by atoms with E-state index in [1.165, 1.54) is 0 Å². The molecule has 1 aromatic heterocycles. The molecular formula is C14H20N5O+. The molecule has 0 atom stereocenters. The average molecular weight is 274 g/mol. The summed E-state index contributed by atoms with van der Waals surface area (Å²) in [7, 11) is 9.47. The van der Waals surface area contributed by atoms with Crippen LogP contribution in [0.15, 0.2) is 40.8 Å². The summed E-state index contributed by atoms with van der Waals surface area (Å²) in [5, 5.41) is 8.56. The lowest BCUT2D eigenvalue weighted by Gasteiger charge is -2.13. The van der Waals surface area contributed by atoms with Crippen LogP contribution in [0.1, 0.15) is 0 Å². The van der Waals surface area contributed by atoms with Gasteiger partial charge in [0.25, 0.3) is 0 Å². The molecule has 0 aliphatic rings. The zero-order chi connectivity index (χ0) is 14.7. The first-order valence-corrected chi connectivity index (χ1v) is 6.31. The quantitative estimate of drug-likeness (QED) is 0.634. The molecule has 6 nitrogen and oxygen atoms in total. The molecule has 0 N–H and O–H groups in total. The van der Waals surface area contributed by atoms with Crippen LogP contribution in [-0.2, 0) is 14.1 Å². The highest BCUT2D eigenvalue weighted by Gasteiger charge is 2.12. The van der Waals surface area contributed by atoms with Gasteiger partial charge in [-0.3, -0.25) is 0 Å². The summed E-state index contributed by atoms with van der Waals surface area (Å²) in [6.45, 7) is 0. The van der Waals surface area contributed by atoms with Crippen molar-refractivity contribution >= 4 is 17.3 Å². The number of benzene rings is 1. The number of aryl methyl sites for hydroxylation is 2. The number of rotatable bonds is 4. The molecule has 0 saturated carbocycles. The van der Waals surface area contributed by atoms with Crippen LogP contribution in [0.4, 0.5) is 17.3 Å². The maximum atomic E-state index is 5.37. The van der Waals surface area contributed by atoms with Crippen LogP contribution >= 0.6 is 0 Å². The summed E-state index contributed by atoms with van der Waals surface area (Å²) in [6, 6.07) is 5.84. The van der Waals surface area contributed by atoms with Crippen LogP contribution in [0.3, 0.4) is 0 Å². The van der Waals surface area contributed by atoms with Crippen molar-refractivity contribution in [2.75, 3.05) is 26.1 Å². The lowest BCUT2D eigenvalue weighted by Crippen LogP contribution is -2.25. The Morgan fingerprint density at radius 1 is 1.25 bits per heavy atom. The zero-order valence-electron chi connectivity index (χ0n) is 12.5. The van der Waals surface area contributed by atoms with E-state index < -0.39 is 0 Å². The monoisotopic (exact) mass is 274 g/mol. The van der Waals surface area contributed by atoms with Crippen molar-refractivity contribution in [3.05, 3.63) is 30.6 Å². The maximum Gasteiger partial charge on any atom is 0.421 e.